The van der Waals surface area contributed by atoms with Gasteiger partial charge in [0.05, 0.1) is 5.41 Å². The van der Waals surface area contributed by atoms with Gasteiger partial charge >= 0.3 is 0 Å². The summed E-state index contributed by atoms with van der Waals surface area (Å²) >= 11 is 3.39. The average molecular weight is 312 g/mol. The van der Waals surface area contributed by atoms with Crippen LogP contribution in [0.5, 0.6) is 0 Å². The van der Waals surface area contributed by atoms with E-state index in [-0.39, 0.29) is 11.9 Å². The van der Waals surface area contributed by atoms with E-state index in [1.165, 1.54) is 0 Å². The van der Waals surface area contributed by atoms with Crippen LogP contribution in [-0.2, 0) is 4.79 Å². The maximum Gasteiger partial charge on any atom is 0.233 e. The number of hydrogen-bond acceptors (Lipinski definition) is 3. The van der Waals surface area contributed by atoms with E-state index in [2.05, 4.69) is 26.2 Å². The van der Waals surface area contributed by atoms with Crippen LogP contribution in [0, 0.1) is 12.3 Å². The molecule has 0 spiro atoms. The third-order valence-electron chi connectivity index (χ3n) is 3.84. The molecule has 5 heteroatoms. The van der Waals surface area contributed by atoms with Crippen molar-refractivity contribution in [1.29, 1.82) is 0 Å². The van der Waals surface area contributed by atoms with E-state index in [1.54, 1.807) is 6.20 Å². The number of anilines is 1. The van der Waals surface area contributed by atoms with Crippen LogP contribution in [-0.4, -0.2) is 16.9 Å². The predicted octanol–water partition coefficient (Wildman–Crippen LogP) is 2.61. The second-order valence-electron chi connectivity index (χ2n) is 5.19. The van der Waals surface area contributed by atoms with E-state index in [4.69, 9.17) is 5.73 Å². The van der Waals surface area contributed by atoms with Gasteiger partial charge in [-0.3, -0.25) is 4.79 Å². The van der Waals surface area contributed by atoms with Gasteiger partial charge in [0.1, 0.15) is 5.82 Å². The van der Waals surface area contributed by atoms with Crippen LogP contribution in [0.1, 0.15) is 31.7 Å². The van der Waals surface area contributed by atoms with Crippen molar-refractivity contribution in [3.05, 3.63) is 22.3 Å². The van der Waals surface area contributed by atoms with Gasteiger partial charge in [-0.25, -0.2) is 4.98 Å². The van der Waals surface area contributed by atoms with Crippen molar-refractivity contribution >= 4 is 27.7 Å². The molecule has 1 aromatic heterocycles. The second kappa shape index (κ2) is 4.97. The Morgan fingerprint density at radius 1 is 1.67 bits per heavy atom. The summed E-state index contributed by atoms with van der Waals surface area (Å²) in [5.41, 5.74) is 6.61. The van der Waals surface area contributed by atoms with Crippen LogP contribution >= 0.6 is 15.9 Å². The standard InChI is InChI=1S/C13H18BrN3O/c1-8-6-11(16-7-9(8)14)17-12(18)13(2)5-3-4-10(13)15/h6-7,10H,3-5,15H2,1-2H3,(H,16,17,18). The Morgan fingerprint density at radius 3 is 2.94 bits per heavy atom. The first-order valence-corrected chi connectivity index (χ1v) is 6.92. The number of rotatable bonds is 2. The molecule has 3 N–H and O–H groups in total. The lowest BCUT2D eigenvalue weighted by atomic mass is 9.84. The molecule has 0 saturated heterocycles. The third kappa shape index (κ3) is 2.42. The number of hydrogen-bond donors (Lipinski definition) is 2. The minimum absolute atomic E-state index is 0.0262. The van der Waals surface area contributed by atoms with Crippen molar-refractivity contribution in [2.24, 2.45) is 11.1 Å². The monoisotopic (exact) mass is 311 g/mol. The van der Waals surface area contributed by atoms with Crippen LogP contribution in [0.25, 0.3) is 0 Å². The van der Waals surface area contributed by atoms with Gasteiger partial charge in [-0.15, -0.1) is 0 Å². The summed E-state index contributed by atoms with van der Waals surface area (Å²) in [4.78, 5) is 16.5. The first-order valence-electron chi connectivity index (χ1n) is 6.12. The number of carbonyl (C=O) groups excluding carboxylic acids is 1. The molecule has 1 aliphatic carbocycles. The van der Waals surface area contributed by atoms with Crippen LogP contribution in [0.4, 0.5) is 5.82 Å². The smallest absolute Gasteiger partial charge is 0.233 e. The third-order valence-corrected chi connectivity index (χ3v) is 4.67. The Kier molecular flexibility index (Phi) is 3.73. The van der Waals surface area contributed by atoms with Gasteiger partial charge in [-0.05, 0) is 54.2 Å². The van der Waals surface area contributed by atoms with Crippen LogP contribution < -0.4 is 11.1 Å². The molecule has 0 aromatic carbocycles. The summed E-state index contributed by atoms with van der Waals surface area (Å²) in [5.74, 6) is 0.558. The molecule has 1 aromatic rings. The highest BCUT2D eigenvalue weighted by Gasteiger charge is 2.43. The van der Waals surface area contributed by atoms with Crippen LogP contribution in [0.2, 0.25) is 0 Å². The Balaban J connectivity index is 2.14. The zero-order valence-electron chi connectivity index (χ0n) is 10.7. The van der Waals surface area contributed by atoms with Gasteiger partial charge in [0.15, 0.2) is 0 Å². The number of carbonyl (C=O) groups is 1. The molecule has 98 valence electrons. The molecule has 1 amide bonds. The first kappa shape index (κ1) is 13.5. The number of amides is 1. The van der Waals surface area contributed by atoms with Crippen molar-refractivity contribution in [3.8, 4) is 0 Å². The predicted molar refractivity (Wildman–Crippen MR) is 75.2 cm³/mol. The molecule has 1 heterocycles. The fourth-order valence-electron chi connectivity index (χ4n) is 2.34. The zero-order valence-corrected chi connectivity index (χ0v) is 12.3. The highest BCUT2D eigenvalue weighted by atomic mass is 79.9. The summed E-state index contributed by atoms with van der Waals surface area (Å²) in [7, 11) is 0. The van der Waals surface area contributed by atoms with Gasteiger partial charge in [-0.1, -0.05) is 6.42 Å². The number of nitrogens with zero attached hydrogens (tertiary/aromatic N) is 1. The average Bonchev–Trinajstić information content (AvgIpc) is 2.66. The van der Waals surface area contributed by atoms with Crippen LogP contribution in [0.15, 0.2) is 16.7 Å². The van der Waals surface area contributed by atoms with Gasteiger partial charge in [-0.2, -0.15) is 0 Å². The molecule has 1 saturated carbocycles. The number of aryl methyl sites for hydroxylation is 1. The molecule has 4 nitrogen and oxygen atoms in total. The van der Waals surface area contributed by atoms with Gasteiger partial charge in [0, 0.05) is 16.7 Å². The molecular formula is C13H18BrN3O. The van der Waals surface area contributed by atoms with E-state index < -0.39 is 5.41 Å². The maximum atomic E-state index is 12.3. The van der Waals surface area contributed by atoms with Crippen molar-refractivity contribution in [1.82, 2.24) is 4.98 Å². The van der Waals surface area contributed by atoms with Gasteiger partial charge in [0.2, 0.25) is 5.91 Å². The van der Waals surface area contributed by atoms with E-state index in [0.29, 0.717) is 5.82 Å². The molecule has 1 aliphatic rings. The van der Waals surface area contributed by atoms with Crippen molar-refractivity contribution in [3.63, 3.8) is 0 Å². The first-order chi connectivity index (χ1) is 8.43. The van der Waals surface area contributed by atoms with E-state index >= 15 is 0 Å². The molecule has 2 unspecified atom stereocenters. The molecule has 2 atom stereocenters. The van der Waals surface area contributed by atoms with Crippen molar-refractivity contribution in [2.75, 3.05) is 5.32 Å². The molecular weight excluding hydrogens is 294 g/mol. The maximum absolute atomic E-state index is 12.3. The largest absolute Gasteiger partial charge is 0.327 e. The Labute approximate surface area is 115 Å². The van der Waals surface area contributed by atoms with E-state index in [9.17, 15) is 4.79 Å². The SMILES string of the molecule is Cc1cc(NC(=O)C2(C)CCCC2N)ncc1Br. The molecule has 0 radical (unpaired) electrons. The van der Waals surface area contributed by atoms with E-state index in [1.807, 2.05) is 19.9 Å². The van der Waals surface area contributed by atoms with Crippen molar-refractivity contribution < 1.29 is 4.79 Å². The van der Waals surface area contributed by atoms with Gasteiger partial charge < -0.3 is 11.1 Å². The summed E-state index contributed by atoms with van der Waals surface area (Å²) in [6.07, 6.45) is 4.46. The number of nitrogens with two attached hydrogens (primary N) is 1. The highest BCUT2D eigenvalue weighted by molar-refractivity contribution is 9.10. The number of aromatic nitrogens is 1. The topological polar surface area (TPSA) is 68.0 Å². The lowest BCUT2D eigenvalue weighted by molar-refractivity contribution is -0.125. The van der Waals surface area contributed by atoms with Crippen LogP contribution in [0.3, 0.4) is 0 Å². The summed E-state index contributed by atoms with van der Waals surface area (Å²) in [5, 5.41) is 2.87. The Bertz CT molecular complexity index is 477. The highest BCUT2D eigenvalue weighted by Crippen LogP contribution is 2.37. The lowest BCUT2D eigenvalue weighted by Crippen LogP contribution is -2.44. The summed E-state index contributed by atoms with van der Waals surface area (Å²) in [6.45, 7) is 3.90. The molecule has 18 heavy (non-hydrogen) atoms. The van der Waals surface area contributed by atoms with E-state index in [0.717, 1.165) is 29.3 Å². The fraction of sp³-hybridized carbons (Fsp3) is 0.538. The molecule has 0 aliphatic heterocycles. The van der Waals surface area contributed by atoms with Gasteiger partial charge in [0.25, 0.3) is 0 Å². The molecule has 1 fully saturated rings. The Morgan fingerprint density at radius 2 is 2.39 bits per heavy atom. The molecule has 2 rings (SSSR count). The number of nitrogens with one attached hydrogen (secondary N) is 1. The summed E-state index contributed by atoms with van der Waals surface area (Å²) in [6, 6.07) is 1.79. The minimum atomic E-state index is -0.470. The number of halogens is 1. The van der Waals surface area contributed by atoms with Crippen molar-refractivity contribution in [2.45, 2.75) is 39.2 Å². The second-order valence-corrected chi connectivity index (χ2v) is 6.04. The summed E-state index contributed by atoms with van der Waals surface area (Å²) < 4.78 is 0.935. The fourth-order valence-corrected chi connectivity index (χ4v) is 2.56. The molecule has 0 bridgehead atoms. The minimum Gasteiger partial charge on any atom is -0.327 e. The quantitative estimate of drug-likeness (QED) is 0.882. The number of pyridine rings is 1. The normalized spacial score (nSPS) is 27.2. The Hall–Kier alpha value is -0.940. The lowest BCUT2D eigenvalue weighted by Gasteiger charge is -2.27. The zero-order chi connectivity index (χ0) is 13.3.